The Bertz CT molecular complexity index is 457. The van der Waals surface area contributed by atoms with Gasteiger partial charge in [0.05, 0.1) is 12.2 Å². The highest BCUT2D eigenvalue weighted by Gasteiger charge is 2.13. The zero-order chi connectivity index (χ0) is 12.3. The number of nitrogens with two attached hydrogens (primary N) is 1. The van der Waals surface area contributed by atoms with E-state index < -0.39 is 0 Å². The van der Waals surface area contributed by atoms with Crippen LogP contribution in [0.3, 0.4) is 0 Å². The van der Waals surface area contributed by atoms with Gasteiger partial charge in [-0.3, -0.25) is 11.3 Å². The summed E-state index contributed by atoms with van der Waals surface area (Å²) >= 11 is 0. The van der Waals surface area contributed by atoms with Crippen LogP contribution in [-0.4, -0.2) is 15.4 Å². The molecule has 0 aliphatic carbocycles. The average molecular weight is 231 g/mol. The Morgan fingerprint density at radius 1 is 1.29 bits per heavy atom. The number of nitrogens with zero attached hydrogens (tertiary/aromatic N) is 2. The minimum Gasteiger partial charge on any atom is -0.271 e. The van der Waals surface area contributed by atoms with E-state index in [0.29, 0.717) is 0 Å². The van der Waals surface area contributed by atoms with E-state index >= 15 is 0 Å². The van der Waals surface area contributed by atoms with Crippen LogP contribution in [0, 0.1) is 13.8 Å². The third kappa shape index (κ3) is 2.89. The molecular weight excluding hydrogens is 214 g/mol. The molecule has 4 N–H and O–H groups in total. The molecule has 0 aliphatic heterocycles. The molecule has 0 radical (unpaired) electrons. The predicted molar refractivity (Wildman–Crippen MR) is 66.1 cm³/mol. The van der Waals surface area contributed by atoms with E-state index in [4.69, 9.17) is 5.84 Å². The van der Waals surface area contributed by atoms with Gasteiger partial charge in [-0.1, -0.05) is 29.3 Å². The molecule has 0 spiro atoms. The highest BCUT2D eigenvalue weighted by Crippen LogP contribution is 2.17. The maximum absolute atomic E-state index is 5.56. The van der Waals surface area contributed by atoms with Crippen molar-refractivity contribution < 1.29 is 0 Å². The lowest BCUT2D eigenvalue weighted by Gasteiger charge is -2.13. The molecule has 17 heavy (non-hydrogen) atoms. The van der Waals surface area contributed by atoms with Crippen LogP contribution in [0.2, 0.25) is 0 Å². The molecule has 1 heterocycles. The average Bonchev–Trinajstić information content (AvgIpc) is 2.77. The van der Waals surface area contributed by atoms with Gasteiger partial charge in [0.15, 0.2) is 0 Å². The SMILES string of the molecule is Cc1cc(C)cc(CC(NN)c2cn[nH]n2)c1. The minimum absolute atomic E-state index is 0.0186. The zero-order valence-corrected chi connectivity index (χ0v) is 10.1. The first-order valence-corrected chi connectivity index (χ1v) is 5.58. The van der Waals surface area contributed by atoms with Crippen LogP contribution in [-0.2, 0) is 6.42 Å². The summed E-state index contributed by atoms with van der Waals surface area (Å²) in [7, 11) is 0. The second-order valence-electron chi connectivity index (χ2n) is 4.31. The largest absolute Gasteiger partial charge is 0.271 e. The summed E-state index contributed by atoms with van der Waals surface area (Å²) < 4.78 is 0. The van der Waals surface area contributed by atoms with Crippen LogP contribution in [0.1, 0.15) is 28.4 Å². The number of hydrazine groups is 1. The van der Waals surface area contributed by atoms with Crippen LogP contribution in [0.4, 0.5) is 0 Å². The number of benzene rings is 1. The number of hydrogen-bond donors (Lipinski definition) is 3. The standard InChI is InChI=1S/C12H17N5/c1-8-3-9(2)5-10(4-8)6-11(15-13)12-7-14-17-16-12/h3-5,7,11,15H,6,13H2,1-2H3,(H,14,16,17). The minimum atomic E-state index is -0.0186. The highest BCUT2D eigenvalue weighted by molar-refractivity contribution is 5.29. The summed E-state index contributed by atoms with van der Waals surface area (Å²) in [5.41, 5.74) is 7.36. The normalized spacial score (nSPS) is 12.6. The van der Waals surface area contributed by atoms with Crippen molar-refractivity contribution in [2.75, 3.05) is 0 Å². The lowest BCUT2D eigenvalue weighted by molar-refractivity contribution is 0.537. The monoisotopic (exact) mass is 231 g/mol. The smallest absolute Gasteiger partial charge is 0.101 e. The van der Waals surface area contributed by atoms with Crippen LogP contribution >= 0.6 is 0 Å². The first kappa shape index (κ1) is 11.8. The van der Waals surface area contributed by atoms with Crippen molar-refractivity contribution in [2.24, 2.45) is 5.84 Å². The van der Waals surface area contributed by atoms with Gasteiger partial charge in [0, 0.05) is 0 Å². The first-order chi connectivity index (χ1) is 8.19. The number of H-pyrrole nitrogens is 1. The Labute approximate surface area is 100 Å². The zero-order valence-electron chi connectivity index (χ0n) is 10.1. The summed E-state index contributed by atoms with van der Waals surface area (Å²) in [6, 6.07) is 6.47. The second kappa shape index (κ2) is 5.07. The summed E-state index contributed by atoms with van der Waals surface area (Å²) in [6.07, 6.45) is 2.48. The van der Waals surface area contributed by atoms with Crippen molar-refractivity contribution in [3.05, 3.63) is 46.8 Å². The number of rotatable bonds is 4. The summed E-state index contributed by atoms with van der Waals surface area (Å²) in [4.78, 5) is 0. The molecule has 0 saturated heterocycles. The molecule has 0 amide bonds. The Balaban J connectivity index is 2.18. The van der Waals surface area contributed by atoms with Gasteiger partial charge in [-0.05, 0) is 25.8 Å². The summed E-state index contributed by atoms with van der Waals surface area (Å²) in [5.74, 6) is 5.56. The van der Waals surface area contributed by atoms with Gasteiger partial charge in [-0.15, -0.1) is 0 Å². The molecule has 0 bridgehead atoms. The molecule has 1 unspecified atom stereocenters. The number of aromatic amines is 1. The van der Waals surface area contributed by atoms with Gasteiger partial charge in [-0.2, -0.15) is 15.4 Å². The molecule has 1 aromatic heterocycles. The summed E-state index contributed by atoms with van der Waals surface area (Å²) in [5, 5.41) is 10.4. The fraction of sp³-hybridized carbons (Fsp3) is 0.333. The van der Waals surface area contributed by atoms with Gasteiger partial charge in [0.2, 0.25) is 0 Å². The number of aromatic nitrogens is 3. The number of aryl methyl sites for hydroxylation is 2. The maximum atomic E-state index is 5.56. The predicted octanol–water partition coefficient (Wildman–Crippen LogP) is 1.17. The van der Waals surface area contributed by atoms with Crippen LogP contribution in [0.25, 0.3) is 0 Å². The van der Waals surface area contributed by atoms with Gasteiger partial charge in [-0.25, -0.2) is 0 Å². The van der Waals surface area contributed by atoms with Gasteiger partial charge in [0.1, 0.15) is 5.69 Å². The van der Waals surface area contributed by atoms with Crippen molar-refractivity contribution in [1.82, 2.24) is 20.8 Å². The molecule has 1 aromatic carbocycles. The van der Waals surface area contributed by atoms with Crippen molar-refractivity contribution in [2.45, 2.75) is 26.3 Å². The third-order valence-corrected chi connectivity index (χ3v) is 2.71. The number of hydrogen-bond acceptors (Lipinski definition) is 4. The molecule has 2 rings (SSSR count). The second-order valence-corrected chi connectivity index (χ2v) is 4.31. The lowest BCUT2D eigenvalue weighted by atomic mass is 10.0. The first-order valence-electron chi connectivity index (χ1n) is 5.58. The van der Waals surface area contributed by atoms with Crippen LogP contribution in [0.15, 0.2) is 24.4 Å². The van der Waals surface area contributed by atoms with Crippen molar-refractivity contribution in [3.63, 3.8) is 0 Å². The van der Waals surface area contributed by atoms with Crippen molar-refractivity contribution in [1.29, 1.82) is 0 Å². The molecular formula is C12H17N5. The fourth-order valence-corrected chi connectivity index (χ4v) is 2.05. The molecule has 90 valence electrons. The van der Waals surface area contributed by atoms with E-state index in [0.717, 1.165) is 12.1 Å². The van der Waals surface area contributed by atoms with Crippen molar-refractivity contribution >= 4 is 0 Å². The van der Waals surface area contributed by atoms with E-state index in [2.05, 4.69) is 52.9 Å². The Hall–Kier alpha value is -1.72. The Morgan fingerprint density at radius 3 is 2.53 bits per heavy atom. The topological polar surface area (TPSA) is 79.6 Å². The fourth-order valence-electron chi connectivity index (χ4n) is 2.05. The highest BCUT2D eigenvalue weighted by atomic mass is 15.3. The molecule has 2 aromatic rings. The molecule has 1 atom stereocenters. The van der Waals surface area contributed by atoms with E-state index in [-0.39, 0.29) is 6.04 Å². The Kier molecular flexibility index (Phi) is 3.51. The lowest BCUT2D eigenvalue weighted by Crippen LogP contribution is -2.29. The van der Waals surface area contributed by atoms with Crippen molar-refractivity contribution in [3.8, 4) is 0 Å². The molecule has 0 saturated carbocycles. The van der Waals surface area contributed by atoms with Gasteiger partial charge >= 0.3 is 0 Å². The third-order valence-electron chi connectivity index (χ3n) is 2.71. The molecule has 0 aliphatic rings. The van der Waals surface area contributed by atoms with Gasteiger partial charge < -0.3 is 0 Å². The van der Waals surface area contributed by atoms with Crippen LogP contribution in [0.5, 0.6) is 0 Å². The molecule has 0 fully saturated rings. The summed E-state index contributed by atoms with van der Waals surface area (Å²) in [6.45, 7) is 4.19. The number of nitrogens with one attached hydrogen (secondary N) is 2. The van der Waals surface area contributed by atoms with E-state index in [1.54, 1.807) is 6.20 Å². The van der Waals surface area contributed by atoms with E-state index in [1.807, 2.05) is 0 Å². The quantitative estimate of drug-likeness (QED) is 0.545. The Morgan fingerprint density at radius 2 is 2.00 bits per heavy atom. The van der Waals surface area contributed by atoms with E-state index in [1.165, 1.54) is 16.7 Å². The molecule has 5 heteroatoms. The van der Waals surface area contributed by atoms with Crippen LogP contribution < -0.4 is 11.3 Å². The van der Waals surface area contributed by atoms with E-state index in [9.17, 15) is 0 Å². The van der Waals surface area contributed by atoms with Gasteiger partial charge in [0.25, 0.3) is 0 Å². The maximum Gasteiger partial charge on any atom is 0.101 e. The molecule has 5 nitrogen and oxygen atoms in total.